The van der Waals surface area contributed by atoms with Crippen LogP contribution < -0.4 is 20.9 Å². The lowest BCUT2D eigenvalue weighted by molar-refractivity contribution is 0.0899. The minimum atomic E-state index is -0.687. The molecule has 4 aromatic rings. The first-order valence-electron chi connectivity index (χ1n) is 10.1. The standard InChI is InChI=1S/C22H18Cl2N6O5/c1-11-26-20(30-34-11)19-15(7-14(23)8-16(19)24)13-5-3-12(4-6-13)10-25-22(32)28-27-21(31)17-9-18(33-2)29-35-17/h3-9H,10H2,1-2H3,(H,27,31)(H2,25,28,32). The van der Waals surface area contributed by atoms with Gasteiger partial charge in [-0.25, -0.2) is 10.2 Å². The second-order valence-electron chi connectivity index (χ2n) is 7.14. The van der Waals surface area contributed by atoms with Gasteiger partial charge in [-0.05, 0) is 34.0 Å². The fourth-order valence-electron chi connectivity index (χ4n) is 3.10. The van der Waals surface area contributed by atoms with Gasteiger partial charge in [0.2, 0.25) is 17.5 Å². The lowest BCUT2D eigenvalue weighted by Gasteiger charge is -2.11. The van der Waals surface area contributed by atoms with Gasteiger partial charge >= 0.3 is 11.9 Å². The summed E-state index contributed by atoms with van der Waals surface area (Å²) in [5.41, 5.74) is 7.37. The second kappa shape index (κ2) is 10.5. The molecule has 2 aromatic heterocycles. The van der Waals surface area contributed by atoms with Crippen LogP contribution in [0.3, 0.4) is 0 Å². The topological polar surface area (TPSA) is 144 Å². The Hall–Kier alpha value is -4.09. The Morgan fingerprint density at radius 3 is 2.46 bits per heavy atom. The third kappa shape index (κ3) is 5.70. The maximum atomic E-state index is 12.0. The molecule has 2 heterocycles. The van der Waals surface area contributed by atoms with E-state index < -0.39 is 11.9 Å². The van der Waals surface area contributed by atoms with Gasteiger partial charge in [-0.3, -0.25) is 10.2 Å². The minimum Gasteiger partial charge on any atom is -0.479 e. The molecule has 13 heteroatoms. The summed E-state index contributed by atoms with van der Waals surface area (Å²) < 4.78 is 14.7. The molecule has 11 nitrogen and oxygen atoms in total. The summed E-state index contributed by atoms with van der Waals surface area (Å²) in [4.78, 5) is 28.2. The fraction of sp³-hybridized carbons (Fsp3) is 0.136. The summed E-state index contributed by atoms with van der Waals surface area (Å²) in [5.74, 6) is 0.103. The minimum absolute atomic E-state index is 0.116. The van der Waals surface area contributed by atoms with E-state index in [-0.39, 0.29) is 18.2 Å². The zero-order valence-electron chi connectivity index (χ0n) is 18.4. The van der Waals surface area contributed by atoms with Crippen molar-refractivity contribution >= 4 is 35.1 Å². The molecule has 0 fully saturated rings. The largest absolute Gasteiger partial charge is 0.479 e. The van der Waals surface area contributed by atoms with Crippen LogP contribution in [0.15, 0.2) is 51.5 Å². The van der Waals surface area contributed by atoms with Crippen LogP contribution in [0.1, 0.15) is 22.0 Å². The molecule has 0 aliphatic rings. The molecule has 0 atom stereocenters. The molecule has 35 heavy (non-hydrogen) atoms. The zero-order valence-corrected chi connectivity index (χ0v) is 19.9. The van der Waals surface area contributed by atoms with Gasteiger partial charge < -0.3 is 19.1 Å². The van der Waals surface area contributed by atoms with Gasteiger partial charge in [0.25, 0.3) is 5.88 Å². The SMILES string of the molecule is COc1cc(C(=O)NNC(=O)NCc2ccc(-c3cc(Cl)cc(Cl)c3-c3noc(C)n3)cc2)on1. The van der Waals surface area contributed by atoms with Crippen LogP contribution >= 0.6 is 23.2 Å². The van der Waals surface area contributed by atoms with Crippen molar-refractivity contribution in [1.29, 1.82) is 0 Å². The number of methoxy groups -OCH3 is 1. The monoisotopic (exact) mass is 516 g/mol. The van der Waals surface area contributed by atoms with Crippen molar-refractivity contribution in [2.45, 2.75) is 13.5 Å². The van der Waals surface area contributed by atoms with E-state index in [1.807, 2.05) is 24.3 Å². The number of aryl methyl sites for hydroxylation is 1. The van der Waals surface area contributed by atoms with Crippen molar-refractivity contribution < 1.29 is 23.4 Å². The smallest absolute Gasteiger partial charge is 0.333 e. The Bertz CT molecular complexity index is 1370. The molecule has 3 amide bonds. The number of halogens is 2. The summed E-state index contributed by atoms with van der Waals surface area (Å²) in [7, 11) is 1.38. The van der Waals surface area contributed by atoms with Gasteiger partial charge in [0.15, 0.2) is 0 Å². The number of rotatable bonds is 6. The van der Waals surface area contributed by atoms with Gasteiger partial charge in [0, 0.05) is 24.1 Å². The number of nitrogens with zero attached hydrogens (tertiary/aromatic N) is 3. The van der Waals surface area contributed by atoms with E-state index in [4.69, 9.17) is 37.0 Å². The van der Waals surface area contributed by atoms with Gasteiger partial charge in [-0.1, -0.05) is 52.6 Å². The molecule has 180 valence electrons. The Morgan fingerprint density at radius 2 is 1.80 bits per heavy atom. The first-order chi connectivity index (χ1) is 16.8. The Kier molecular flexibility index (Phi) is 7.18. The summed E-state index contributed by atoms with van der Waals surface area (Å²) in [6.45, 7) is 1.89. The molecular weight excluding hydrogens is 499 g/mol. The molecule has 4 rings (SSSR count). The fourth-order valence-corrected chi connectivity index (χ4v) is 3.67. The lowest BCUT2D eigenvalue weighted by atomic mass is 9.98. The maximum absolute atomic E-state index is 12.0. The van der Waals surface area contributed by atoms with Gasteiger partial charge in [-0.2, -0.15) is 4.98 Å². The molecule has 0 spiro atoms. The molecule has 0 radical (unpaired) electrons. The highest BCUT2D eigenvalue weighted by Gasteiger charge is 2.18. The van der Waals surface area contributed by atoms with Crippen LogP contribution in [0.25, 0.3) is 22.5 Å². The van der Waals surface area contributed by atoms with Crippen LogP contribution in [0.2, 0.25) is 10.0 Å². The number of carbonyl (C=O) groups excluding carboxylic acids is 2. The number of urea groups is 1. The Balaban J connectivity index is 1.39. The number of aromatic nitrogens is 3. The molecule has 0 unspecified atom stereocenters. The van der Waals surface area contributed by atoms with Crippen molar-refractivity contribution in [1.82, 2.24) is 31.5 Å². The van der Waals surface area contributed by atoms with Gasteiger partial charge in [0.1, 0.15) is 0 Å². The molecule has 0 saturated heterocycles. The molecule has 2 aromatic carbocycles. The van der Waals surface area contributed by atoms with E-state index >= 15 is 0 Å². The quantitative estimate of drug-likeness (QED) is 0.324. The summed E-state index contributed by atoms with van der Waals surface area (Å²) in [6, 6.07) is 11.4. The van der Waals surface area contributed by atoms with E-state index in [1.165, 1.54) is 13.2 Å². The van der Waals surface area contributed by atoms with Crippen molar-refractivity contribution in [3.8, 4) is 28.4 Å². The number of hydrogen-bond donors (Lipinski definition) is 3. The van der Waals surface area contributed by atoms with Crippen LogP contribution in [0.5, 0.6) is 5.88 Å². The molecule has 0 saturated carbocycles. The van der Waals surface area contributed by atoms with Crippen molar-refractivity contribution in [3.05, 3.63) is 69.7 Å². The van der Waals surface area contributed by atoms with Crippen molar-refractivity contribution in [2.75, 3.05) is 7.11 Å². The van der Waals surface area contributed by atoms with Gasteiger partial charge in [-0.15, -0.1) is 0 Å². The third-order valence-electron chi connectivity index (χ3n) is 4.74. The number of nitrogens with one attached hydrogen (secondary N) is 3. The van der Waals surface area contributed by atoms with Crippen LogP contribution in [0, 0.1) is 6.92 Å². The molecule has 3 N–H and O–H groups in total. The number of hydrogen-bond acceptors (Lipinski definition) is 8. The average Bonchev–Trinajstić information content (AvgIpc) is 3.50. The molecule has 0 aliphatic heterocycles. The van der Waals surface area contributed by atoms with Crippen molar-refractivity contribution in [2.24, 2.45) is 0 Å². The highest BCUT2D eigenvalue weighted by molar-refractivity contribution is 6.37. The maximum Gasteiger partial charge on any atom is 0.333 e. The summed E-state index contributed by atoms with van der Waals surface area (Å²) >= 11 is 12.7. The Morgan fingerprint density at radius 1 is 1.03 bits per heavy atom. The number of ether oxygens (including phenoxy) is 1. The predicted molar refractivity (Wildman–Crippen MR) is 126 cm³/mol. The third-order valence-corrected chi connectivity index (χ3v) is 5.25. The molecule has 0 aliphatic carbocycles. The number of carbonyl (C=O) groups is 2. The highest BCUT2D eigenvalue weighted by Crippen LogP contribution is 2.38. The van der Waals surface area contributed by atoms with Crippen LogP contribution in [-0.2, 0) is 6.54 Å². The molecule has 0 bridgehead atoms. The first kappa shape index (κ1) is 24.0. The van der Waals surface area contributed by atoms with E-state index in [0.717, 1.165) is 16.7 Å². The van der Waals surface area contributed by atoms with E-state index in [9.17, 15) is 9.59 Å². The van der Waals surface area contributed by atoms with Crippen LogP contribution in [-0.4, -0.2) is 34.3 Å². The summed E-state index contributed by atoms with van der Waals surface area (Å²) in [6.07, 6.45) is 0. The normalized spacial score (nSPS) is 10.6. The first-order valence-corrected chi connectivity index (χ1v) is 10.8. The number of benzene rings is 2. The zero-order chi connectivity index (χ0) is 24.9. The number of amides is 3. The van der Waals surface area contributed by atoms with Gasteiger partial charge in [0.05, 0.1) is 18.2 Å². The molecular formula is C22H18Cl2N6O5. The van der Waals surface area contributed by atoms with E-state index in [0.29, 0.717) is 27.3 Å². The second-order valence-corrected chi connectivity index (χ2v) is 7.98. The van der Waals surface area contributed by atoms with E-state index in [1.54, 1.807) is 19.1 Å². The van der Waals surface area contributed by atoms with Crippen molar-refractivity contribution in [3.63, 3.8) is 0 Å². The number of hydrazine groups is 1. The Labute approximate surface area is 208 Å². The average molecular weight is 517 g/mol. The van der Waals surface area contributed by atoms with Crippen LogP contribution in [0.4, 0.5) is 4.79 Å². The highest BCUT2D eigenvalue weighted by atomic mass is 35.5. The summed E-state index contributed by atoms with van der Waals surface area (Å²) in [5, 5.41) is 11.0. The van der Waals surface area contributed by atoms with E-state index in [2.05, 4.69) is 31.5 Å². The predicted octanol–water partition coefficient (Wildman–Crippen LogP) is 4.16. The lowest BCUT2D eigenvalue weighted by Crippen LogP contribution is -2.46.